The lowest BCUT2D eigenvalue weighted by molar-refractivity contribution is -0.165. The molecule has 1 aliphatic rings. The average Bonchev–Trinajstić information content (AvgIpc) is 2.38. The van der Waals surface area contributed by atoms with Crippen LogP contribution >= 0.6 is 0 Å². The summed E-state index contributed by atoms with van der Waals surface area (Å²) in [4.78, 5) is 1.90. The second-order valence-corrected chi connectivity index (χ2v) is 5.82. The van der Waals surface area contributed by atoms with Crippen molar-refractivity contribution in [2.24, 2.45) is 0 Å². The van der Waals surface area contributed by atoms with E-state index in [9.17, 15) is 14.6 Å². The van der Waals surface area contributed by atoms with Crippen LogP contribution in [0.25, 0.3) is 0 Å². The minimum Gasteiger partial charge on any atom is -0.361 e. The average molecular weight is 287 g/mol. The molecule has 2 N–H and O–H groups in total. The molecule has 0 radical (unpaired) electrons. The van der Waals surface area contributed by atoms with Crippen molar-refractivity contribution >= 4 is 5.69 Å². The van der Waals surface area contributed by atoms with Gasteiger partial charge in [-0.05, 0) is 54.8 Å². The van der Waals surface area contributed by atoms with Crippen LogP contribution in [0.3, 0.4) is 0 Å². The molecule has 0 spiro atoms. The van der Waals surface area contributed by atoms with Crippen LogP contribution in [0.1, 0.15) is 22.3 Å². The molecule has 3 nitrogen and oxygen atoms in total. The topological polar surface area (TPSA) is 43.7 Å². The Balaban J connectivity index is 2.03. The van der Waals surface area contributed by atoms with Crippen LogP contribution in [0.2, 0.25) is 0 Å². The van der Waals surface area contributed by atoms with Crippen molar-refractivity contribution in [1.29, 1.82) is 0 Å². The zero-order valence-corrected chi connectivity index (χ0v) is 12.1. The third-order valence-corrected chi connectivity index (χ3v) is 3.85. The first-order valence-corrected chi connectivity index (χ1v) is 6.92. The maximum atomic E-state index is 13.3. The minimum atomic E-state index is -2.05. The lowest BCUT2D eigenvalue weighted by Crippen LogP contribution is -2.45. The highest BCUT2D eigenvalue weighted by Crippen LogP contribution is 2.33. The van der Waals surface area contributed by atoms with Crippen molar-refractivity contribution in [2.75, 3.05) is 11.4 Å². The number of anilines is 1. The van der Waals surface area contributed by atoms with Crippen LogP contribution in [0.15, 0.2) is 36.4 Å². The van der Waals surface area contributed by atoms with Gasteiger partial charge >= 0.3 is 0 Å². The van der Waals surface area contributed by atoms with Crippen LogP contribution < -0.4 is 4.90 Å². The molecule has 1 heterocycles. The highest BCUT2D eigenvalue weighted by atomic mass is 19.1. The predicted molar refractivity (Wildman–Crippen MR) is 79.5 cm³/mol. The first-order chi connectivity index (χ1) is 9.85. The van der Waals surface area contributed by atoms with Crippen molar-refractivity contribution in [1.82, 2.24) is 0 Å². The van der Waals surface area contributed by atoms with Crippen LogP contribution in [-0.4, -0.2) is 16.8 Å². The Hall–Kier alpha value is -1.91. The maximum absolute atomic E-state index is 13.3. The summed E-state index contributed by atoms with van der Waals surface area (Å²) in [6.07, 6.45) is 0. The van der Waals surface area contributed by atoms with Gasteiger partial charge in [0.25, 0.3) is 0 Å². The summed E-state index contributed by atoms with van der Waals surface area (Å²) in [6.45, 7) is 4.57. The van der Waals surface area contributed by atoms with Crippen LogP contribution in [-0.2, 0) is 12.3 Å². The molecule has 3 rings (SSSR count). The van der Waals surface area contributed by atoms with E-state index in [4.69, 9.17) is 0 Å². The summed E-state index contributed by atoms with van der Waals surface area (Å²) < 4.78 is 13.3. The van der Waals surface area contributed by atoms with E-state index < -0.39 is 11.6 Å². The third kappa shape index (κ3) is 2.64. The molecule has 0 atom stereocenters. The molecule has 110 valence electrons. The molecular weight excluding hydrogens is 269 g/mol. The predicted octanol–water partition coefficient (Wildman–Crippen LogP) is 2.60. The maximum Gasteiger partial charge on any atom is 0.208 e. The Kier molecular flexibility index (Phi) is 3.23. The van der Waals surface area contributed by atoms with Crippen LogP contribution in [0.4, 0.5) is 10.1 Å². The van der Waals surface area contributed by atoms with Crippen LogP contribution in [0, 0.1) is 19.7 Å². The van der Waals surface area contributed by atoms with Gasteiger partial charge in [-0.15, -0.1) is 0 Å². The van der Waals surface area contributed by atoms with E-state index in [0.717, 1.165) is 22.4 Å². The first kappa shape index (κ1) is 14.0. The number of hydrogen-bond donors (Lipinski definition) is 2. The number of fused-ring (bicyclic) bond motifs is 1. The molecule has 0 bridgehead atoms. The fourth-order valence-electron chi connectivity index (χ4n) is 2.99. The number of benzene rings is 2. The van der Waals surface area contributed by atoms with Gasteiger partial charge in [0, 0.05) is 17.8 Å². The number of hydrogen-bond acceptors (Lipinski definition) is 3. The molecule has 0 saturated heterocycles. The van der Waals surface area contributed by atoms with E-state index in [2.05, 4.69) is 6.07 Å². The molecule has 0 aromatic heterocycles. The van der Waals surface area contributed by atoms with Crippen molar-refractivity contribution in [3.05, 3.63) is 64.5 Å². The Bertz CT molecular complexity index is 677. The van der Waals surface area contributed by atoms with Crippen molar-refractivity contribution in [3.63, 3.8) is 0 Å². The van der Waals surface area contributed by atoms with E-state index in [1.807, 2.05) is 30.9 Å². The summed E-state index contributed by atoms with van der Waals surface area (Å²) in [5.41, 5.74) is 4.16. The molecular formula is C17H18FNO2. The number of nitrogens with zero attached hydrogens (tertiary/aromatic N) is 1. The zero-order valence-electron chi connectivity index (χ0n) is 12.1. The van der Waals surface area contributed by atoms with Crippen molar-refractivity contribution in [2.45, 2.75) is 26.2 Å². The van der Waals surface area contributed by atoms with Gasteiger partial charge < -0.3 is 15.1 Å². The normalized spacial score (nSPS) is 16.7. The second-order valence-electron chi connectivity index (χ2n) is 5.82. The molecule has 0 amide bonds. The van der Waals surface area contributed by atoms with Gasteiger partial charge in [0.05, 0.1) is 6.54 Å². The molecule has 1 aliphatic heterocycles. The van der Waals surface area contributed by atoms with Gasteiger partial charge in [0.1, 0.15) is 5.82 Å². The first-order valence-electron chi connectivity index (χ1n) is 6.92. The number of aliphatic hydroxyl groups is 2. The van der Waals surface area contributed by atoms with Gasteiger partial charge in [0.15, 0.2) is 0 Å². The summed E-state index contributed by atoms with van der Waals surface area (Å²) in [5, 5.41) is 20.5. The molecule has 4 heteroatoms. The number of rotatable bonds is 1. The molecule has 0 fully saturated rings. The van der Waals surface area contributed by atoms with E-state index >= 15 is 0 Å². The Labute approximate surface area is 123 Å². The van der Waals surface area contributed by atoms with E-state index in [1.165, 1.54) is 12.1 Å². The van der Waals surface area contributed by atoms with E-state index in [-0.39, 0.29) is 12.1 Å². The Morgan fingerprint density at radius 3 is 2.38 bits per heavy atom. The molecule has 21 heavy (non-hydrogen) atoms. The quantitative estimate of drug-likeness (QED) is 0.792. The SMILES string of the molecule is Cc1cc(C)cc(N2Cc3ccc(F)cc3C(O)(O)C2)c1. The van der Waals surface area contributed by atoms with Gasteiger partial charge in [-0.1, -0.05) is 12.1 Å². The smallest absolute Gasteiger partial charge is 0.208 e. The van der Waals surface area contributed by atoms with Gasteiger partial charge in [-0.25, -0.2) is 4.39 Å². The minimum absolute atomic E-state index is 0.0202. The number of halogens is 1. The van der Waals surface area contributed by atoms with Crippen molar-refractivity contribution in [3.8, 4) is 0 Å². The summed E-state index contributed by atoms with van der Waals surface area (Å²) in [7, 11) is 0. The summed E-state index contributed by atoms with van der Waals surface area (Å²) in [6, 6.07) is 10.3. The van der Waals surface area contributed by atoms with Gasteiger partial charge in [-0.2, -0.15) is 0 Å². The lowest BCUT2D eigenvalue weighted by Gasteiger charge is -2.38. The fourth-order valence-corrected chi connectivity index (χ4v) is 2.99. The van der Waals surface area contributed by atoms with E-state index in [0.29, 0.717) is 6.54 Å². The number of β-amino-alcohol motifs (C(OH)–C–C–N with tert-alkyl or cyclic N) is 2. The zero-order chi connectivity index (χ0) is 15.2. The van der Waals surface area contributed by atoms with Gasteiger partial charge in [-0.3, -0.25) is 0 Å². The third-order valence-electron chi connectivity index (χ3n) is 3.85. The molecule has 0 aliphatic carbocycles. The van der Waals surface area contributed by atoms with Crippen LogP contribution in [0.5, 0.6) is 0 Å². The molecule has 2 aromatic carbocycles. The van der Waals surface area contributed by atoms with Crippen molar-refractivity contribution < 1.29 is 14.6 Å². The molecule has 0 saturated carbocycles. The highest BCUT2D eigenvalue weighted by molar-refractivity contribution is 5.54. The Morgan fingerprint density at radius 2 is 1.71 bits per heavy atom. The monoisotopic (exact) mass is 287 g/mol. The fraction of sp³-hybridized carbons (Fsp3) is 0.294. The standard InChI is InChI=1S/C17H18FNO2/c1-11-5-12(2)7-15(6-11)19-9-13-3-4-14(18)8-16(13)17(20,21)10-19/h3-8,20-21H,9-10H2,1-2H3. The van der Waals surface area contributed by atoms with E-state index in [1.54, 1.807) is 6.07 Å². The van der Waals surface area contributed by atoms with Gasteiger partial charge in [0.2, 0.25) is 5.79 Å². The lowest BCUT2D eigenvalue weighted by atomic mass is 9.93. The number of aryl methyl sites for hydroxylation is 2. The summed E-state index contributed by atoms with van der Waals surface area (Å²) >= 11 is 0. The molecule has 2 aromatic rings. The largest absolute Gasteiger partial charge is 0.361 e. The highest BCUT2D eigenvalue weighted by Gasteiger charge is 2.36. The Morgan fingerprint density at radius 1 is 1.05 bits per heavy atom. The molecule has 0 unspecified atom stereocenters. The summed E-state index contributed by atoms with van der Waals surface area (Å²) in [5.74, 6) is -2.51. The second kappa shape index (κ2) is 4.83.